The minimum atomic E-state index is -2.81. The van der Waals surface area contributed by atoms with Crippen molar-refractivity contribution in [1.29, 1.82) is 0 Å². The van der Waals surface area contributed by atoms with E-state index in [1.165, 1.54) is 0 Å². The molecule has 0 aliphatic heterocycles. The Morgan fingerprint density at radius 2 is 0.714 bits per heavy atom. The molecular formula is H8Cl4N2Pd. The molecule has 0 aromatic heterocycles. The van der Waals surface area contributed by atoms with Crippen molar-refractivity contribution in [3.8, 4) is 0 Å². The number of rotatable bonds is 0. The van der Waals surface area contributed by atoms with Gasteiger partial charge in [0.1, 0.15) is 0 Å². The molecule has 0 amide bonds. The zero-order valence-corrected chi connectivity index (χ0v) is 8.41. The predicted molar refractivity (Wildman–Crippen MR) is 35.4 cm³/mol. The molecule has 0 fully saturated rings. The molecule has 56 valence electrons. The summed E-state index contributed by atoms with van der Waals surface area (Å²) >= 11 is -2.81. The van der Waals surface area contributed by atoms with Gasteiger partial charge in [0.25, 0.3) is 0 Å². The third-order valence-corrected chi connectivity index (χ3v) is 0. The number of halogens is 4. The molecule has 0 atom stereocenters. The first-order valence-corrected chi connectivity index (χ1v) is 8.49. The van der Waals surface area contributed by atoms with E-state index in [1.807, 2.05) is 0 Å². The molecule has 0 aliphatic carbocycles. The fraction of sp³-hybridized carbons (Fsp3) is 0. The Hall–Kier alpha value is 1.74. The average Bonchev–Trinajstić information content (AvgIpc) is 0.722. The second-order valence-corrected chi connectivity index (χ2v) is 14.4. The monoisotopic (exact) mass is 282 g/mol. The largest absolute Gasteiger partial charge is 0.369 e. The summed E-state index contributed by atoms with van der Waals surface area (Å²) in [6.07, 6.45) is 0. The van der Waals surface area contributed by atoms with Crippen LogP contribution < -0.4 is 12.3 Å². The summed E-state index contributed by atoms with van der Waals surface area (Å²) in [5.74, 6) is 0. The van der Waals surface area contributed by atoms with Gasteiger partial charge in [-0.05, 0) is 0 Å². The van der Waals surface area contributed by atoms with Gasteiger partial charge in [-0.15, -0.1) is 0 Å². The number of hydrogen-bond acceptors (Lipinski definition) is 0. The van der Waals surface area contributed by atoms with Gasteiger partial charge >= 0.3 is 49.6 Å². The second kappa shape index (κ2) is 5.87. The Morgan fingerprint density at radius 3 is 0.714 bits per heavy atom. The topological polar surface area (TPSA) is 73.0 Å². The molecule has 8 N–H and O–H groups in total. The molecule has 0 saturated heterocycles. The van der Waals surface area contributed by atoms with Gasteiger partial charge in [-0.2, -0.15) is 0 Å². The molecule has 0 saturated carbocycles. The molecule has 0 rings (SSSR count). The van der Waals surface area contributed by atoms with Crippen molar-refractivity contribution in [3.63, 3.8) is 0 Å². The molecule has 0 unspecified atom stereocenters. The van der Waals surface area contributed by atoms with Crippen LogP contribution in [0.3, 0.4) is 0 Å². The van der Waals surface area contributed by atoms with Gasteiger partial charge in [-0.25, -0.2) is 0 Å². The van der Waals surface area contributed by atoms with Gasteiger partial charge in [0, 0.05) is 0 Å². The van der Waals surface area contributed by atoms with Gasteiger partial charge in [0.15, 0.2) is 0 Å². The summed E-state index contributed by atoms with van der Waals surface area (Å²) in [4.78, 5) is 0. The van der Waals surface area contributed by atoms with Crippen LogP contribution in [-0.4, -0.2) is 0 Å². The van der Waals surface area contributed by atoms with E-state index >= 15 is 0 Å². The second-order valence-electron chi connectivity index (χ2n) is 0.271. The summed E-state index contributed by atoms with van der Waals surface area (Å²) in [5, 5.41) is 0. The zero-order chi connectivity index (χ0) is 4.50. The van der Waals surface area contributed by atoms with Crippen LogP contribution in [0.15, 0.2) is 0 Å². The van der Waals surface area contributed by atoms with Gasteiger partial charge in [-0.1, -0.05) is 0 Å². The molecule has 0 spiro atoms. The van der Waals surface area contributed by atoms with Crippen molar-refractivity contribution in [2.75, 3.05) is 0 Å². The summed E-state index contributed by atoms with van der Waals surface area (Å²) in [6, 6.07) is 0. The number of quaternary nitrogens is 2. The van der Waals surface area contributed by atoms with E-state index in [-0.39, 0.29) is 12.3 Å². The van der Waals surface area contributed by atoms with Crippen molar-refractivity contribution < 1.29 is 11.5 Å². The van der Waals surface area contributed by atoms with Crippen LogP contribution >= 0.6 is 38.1 Å². The van der Waals surface area contributed by atoms with Crippen LogP contribution in [0.2, 0.25) is 0 Å². The first-order valence-electron chi connectivity index (χ1n) is 0.478. The first-order chi connectivity index (χ1) is 2.00. The van der Waals surface area contributed by atoms with Gasteiger partial charge in [0.05, 0.1) is 0 Å². The normalized spacial score (nSPS) is 10.9. The van der Waals surface area contributed by atoms with Crippen molar-refractivity contribution >= 4 is 38.1 Å². The summed E-state index contributed by atoms with van der Waals surface area (Å²) in [5.41, 5.74) is 0. The summed E-state index contributed by atoms with van der Waals surface area (Å²) in [6.45, 7) is 0. The SMILES string of the molecule is [Cl][Pd-2]([Cl])([Cl])[Cl].[NH4+].[NH4+]. The summed E-state index contributed by atoms with van der Waals surface area (Å²) in [7, 11) is 19.9. The van der Waals surface area contributed by atoms with Gasteiger partial charge in [0.2, 0.25) is 0 Å². The Morgan fingerprint density at radius 1 is 0.714 bits per heavy atom. The van der Waals surface area contributed by atoms with E-state index in [0.29, 0.717) is 0 Å². The molecule has 7 heavy (non-hydrogen) atoms. The third kappa shape index (κ3) is 84.1. The van der Waals surface area contributed by atoms with Gasteiger partial charge in [-0.3, -0.25) is 0 Å². The molecule has 0 radical (unpaired) electrons. The van der Waals surface area contributed by atoms with Gasteiger partial charge < -0.3 is 12.3 Å². The minimum Gasteiger partial charge on any atom is -0.369 e. The quantitative estimate of drug-likeness (QED) is 0.639. The molecule has 2 nitrogen and oxygen atoms in total. The Balaban J connectivity index is -0.0000000800. The maximum absolute atomic E-state index is 4.98. The number of hydrogen-bond donors (Lipinski definition) is 2. The minimum absolute atomic E-state index is 0. The van der Waals surface area contributed by atoms with E-state index in [4.69, 9.17) is 38.1 Å². The fourth-order valence-corrected chi connectivity index (χ4v) is 0. The van der Waals surface area contributed by atoms with Crippen LogP contribution in [0.4, 0.5) is 0 Å². The standard InChI is InChI=1S/4ClH.2H3N.Pd/h4*1H;2*1H3;/q;;;;;;+2/p-2. The fourth-order valence-electron chi connectivity index (χ4n) is 0. The predicted octanol–water partition coefficient (Wildman–Crippen LogP) is 3.51. The van der Waals surface area contributed by atoms with Crippen LogP contribution in [0.25, 0.3) is 0 Å². The van der Waals surface area contributed by atoms with Crippen molar-refractivity contribution in [2.45, 2.75) is 0 Å². The van der Waals surface area contributed by atoms with Crippen molar-refractivity contribution in [1.82, 2.24) is 12.3 Å². The van der Waals surface area contributed by atoms with Crippen LogP contribution in [0.1, 0.15) is 0 Å². The van der Waals surface area contributed by atoms with Crippen molar-refractivity contribution in [2.24, 2.45) is 0 Å². The van der Waals surface area contributed by atoms with Crippen molar-refractivity contribution in [3.05, 3.63) is 0 Å². The Bertz CT molecular complexity index is 25.2. The van der Waals surface area contributed by atoms with E-state index in [0.717, 1.165) is 0 Å². The Labute approximate surface area is 61.6 Å². The molecule has 0 aromatic carbocycles. The van der Waals surface area contributed by atoms with Crippen LogP contribution in [0.5, 0.6) is 0 Å². The molecule has 0 bridgehead atoms. The zero-order valence-electron chi connectivity index (χ0n) is 3.83. The maximum Gasteiger partial charge on any atom is -0.369 e. The Kier molecular flexibility index (Phi) is 13.3. The summed E-state index contributed by atoms with van der Waals surface area (Å²) < 4.78 is 0. The van der Waals surface area contributed by atoms with Crippen LogP contribution in [-0.2, 0) is 11.5 Å². The smallest absolute Gasteiger partial charge is 0.369 e. The molecular weight excluding hydrogens is 276 g/mol. The van der Waals surface area contributed by atoms with Crippen LogP contribution in [0, 0.1) is 0 Å². The molecule has 0 aliphatic rings. The first kappa shape index (κ1) is 15.9. The maximum atomic E-state index is 4.98. The van der Waals surface area contributed by atoms with E-state index in [9.17, 15) is 0 Å². The average molecular weight is 284 g/mol. The van der Waals surface area contributed by atoms with E-state index < -0.39 is 11.5 Å². The van der Waals surface area contributed by atoms with E-state index in [2.05, 4.69) is 0 Å². The molecule has 0 aromatic rings. The van der Waals surface area contributed by atoms with E-state index in [1.54, 1.807) is 0 Å². The molecule has 0 heterocycles. The third-order valence-electron chi connectivity index (χ3n) is 0. The molecule has 7 heteroatoms.